The Morgan fingerprint density at radius 2 is 2.04 bits per heavy atom. The van der Waals surface area contributed by atoms with Crippen LogP contribution in [0, 0.1) is 0 Å². The largest absolute Gasteiger partial charge is 0.355 e. The lowest BCUT2D eigenvalue weighted by Crippen LogP contribution is -2.43. The van der Waals surface area contributed by atoms with E-state index in [-0.39, 0.29) is 17.9 Å². The third-order valence-electron chi connectivity index (χ3n) is 4.15. The average Bonchev–Trinajstić information content (AvgIpc) is 3.05. The van der Waals surface area contributed by atoms with Crippen LogP contribution in [0.3, 0.4) is 0 Å². The molecule has 1 aromatic rings. The molecule has 1 atom stereocenters. The van der Waals surface area contributed by atoms with E-state index in [1.165, 1.54) is 0 Å². The SMILES string of the molecule is CN(C)C(=O)C1CCCN1CCCNC(=O)CSc1ccccc1. The fourth-order valence-corrected chi connectivity index (χ4v) is 3.65. The normalized spacial score (nSPS) is 17.7. The summed E-state index contributed by atoms with van der Waals surface area (Å²) in [5.41, 5.74) is 0. The molecule has 2 amide bonds. The second-order valence-electron chi connectivity index (χ2n) is 6.23. The second kappa shape index (κ2) is 9.69. The first-order valence-electron chi connectivity index (χ1n) is 8.47. The second-order valence-corrected chi connectivity index (χ2v) is 7.28. The molecule has 1 saturated heterocycles. The number of benzene rings is 1. The van der Waals surface area contributed by atoms with Gasteiger partial charge in [0.25, 0.3) is 0 Å². The molecule has 0 aromatic heterocycles. The topological polar surface area (TPSA) is 52.7 Å². The van der Waals surface area contributed by atoms with Gasteiger partial charge < -0.3 is 10.2 Å². The first kappa shape index (κ1) is 18.8. The van der Waals surface area contributed by atoms with Crippen LogP contribution in [0.5, 0.6) is 0 Å². The van der Waals surface area contributed by atoms with Crippen LogP contribution in [0.2, 0.25) is 0 Å². The number of rotatable bonds is 8. The predicted molar refractivity (Wildman–Crippen MR) is 98.1 cm³/mol. The number of likely N-dealkylation sites (N-methyl/N-ethyl adjacent to an activating group) is 1. The summed E-state index contributed by atoms with van der Waals surface area (Å²) < 4.78 is 0. The smallest absolute Gasteiger partial charge is 0.239 e. The molecule has 1 heterocycles. The molecule has 24 heavy (non-hydrogen) atoms. The van der Waals surface area contributed by atoms with Gasteiger partial charge in [0.2, 0.25) is 11.8 Å². The number of nitrogens with zero attached hydrogens (tertiary/aromatic N) is 2. The zero-order valence-corrected chi connectivity index (χ0v) is 15.3. The Morgan fingerprint density at radius 1 is 1.29 bits per heavy atom. The van der Waals surface area contributed by atoms with Crippen LogP contribution in [0.15, 0.2) is 35.2 Å². The highest BCUT2D eigenvalue weighted by molar-refractivity contribution is 8.00. The van der Waals surface area contributed by atoms with E-state index >= 15 is 0 Å². The molecule has 0 bridgehead atoms. The fourth-order valence-electron chi connectivity index (χ4n) is 2.90. The minimum Gasteiger partial charge on any atom is -0.355 e. The lowest BCUT2D eigenvalue weighted by atomic mass is 10.2. The van der Waals surface area contributed by atoms with E-state index < -0.39 is 0 Å². The van der Waals surface area contributed by atoms with Gasteiger partial charge in [-0.15, -0.1) is 11.8 Å². The quantitative estimate of drug-likeness (QED) is 0.575. The Hall–Kier alpha value is -1.53. The Labute approximate surface area is 148 Å². The Balaban J connectivity index is 1.62. The van der Waals surface area contributed by atoms with Gasteiger partial charge in [-0.2, -0.15) is 0 Å². The van der Waals surface area contributed by atoms with Crippen molar-refractivity contribution in [1.29, 1.82) is 0 Å². The summed E-state index contributed by atoms with van der Waals surface area (Å²) in [6.07, 6.45) is 2.89. The third kappa shape index (κ3) is 5.83. The van der Waals surface area contributed by atoms with E-state index in [1.54, 1.807) is 16.7 Å². The minimum atomic E-state index is 0.0179. The monoisotopic (exact) mass is 349 g/mol. The van der Waals surface area contributed by atoms with Gasteiger partial charge in [-0.3, -0.25) is 14.5 Å². The van der Waals surface area contributed by atoms with Gasteiger partial charge in [0.05, 0.1) is 11.8 Å². The van der Waals surface area contributed by atoms with Crippen LogP contribution in [-0.4, -0.2) is 67.1 Å². The molecule has 0 aliphatic carbocycles. The van der Waals surface area contributed by atoms with Gasteiger partial charge in [0, 0.05) is 32.1 Å². The lowest BCUT2D eigenvalue weighted by molar-refractivity contribution is -0.133. The van der Waals surface area contributed by atoms with Crippen molar-refractivity contribution in [3.8, 4) is 0 Å². The van der Waals surface area contributed by atoms with E-state index in [0.717, 1.165) is 37.2 Å². The highest BCUT2D eigenvalue weighted by atomic mass is 32.2. The summed E-state index contributed by atoms with van der Waals surface area (Å²) in [7, 11) is 3.62. The fraction of sp³-hybridized carbons (Fsp3) is 0.556. The van der Waals surface area contributed by atoms with Crippen LogP contribution in [-0.2, 0) is 9.59 Å². The Bertz CT molecular complexity index is 536. The summed E-state index contributed by atoms with van der Waals surface area (Å²) in [6, 6.07) is 9.95. The Morgan fingerprint density at radius 3 is 2.75 bits per heavy atom. The number of likely N-dealkylation sites (tertiary alicyclic amines) is 1. The van der Waals surface area contributed by atoms with Crippen LogP contribution in [0.4, 0.5) is 0 Å². The number of nitrogens with one attached hydrogen (secondary N) is 1. The average molecular weight is 350 g/mol. The van der Waals surface area contributed by atoms with Crippen LogP contribution in [0.25, 0.3) is 0 Å². The van der Waals surface area contributed by atoms with Crippen molar-refractivity contribution >= 4 is 23.6 Å². The maximum atomic E-state index is 12.1. The van der Waals surface area contributed by atoms with Gasteiger partial charge in [-0.25, -0.2) is 0 Å². The predicted octanol–water partition coefficient (Wildman–Crippen LogP) is 1.84. The molecule has 1 fully saturated rings. The molecule has 1 aromatic carbocycles. The molecule has 0 saturated carbocycles. The van der Waals surface area contributed by atoms with Gasteiger partial charge in [-0.05, 0) is 37.9 Å². The van der Waals surface area contributed by atoms with Crippen LogP contribution in [0.1, 0.15) is 19.3 Å². The lowest BCUT2D eigenvalue weighted by Gasteiger charge is -2.26. The molecule has 2 rings (SSSR count). The number of hydrogen-bond donors (Lipinski definition) is 1. The van der Waals surface area contributed by atoms with E-state index in [1.807, 2.05) is 44.4 Å². The first-order valence-corrected chi connectivity index (χ1v) is 9.46. The van der Waals surface area contributed by atoms with E-state index in [9.17, 15) is 9.59 Å². The molecule has 0 spiro atoms. The van der Waals surface area contributed by atoms with Crippen LogP contribution < -0.4 is 5.32 Å². The number of amides is 2. The van der Waals surface area contributed by atoms with Crippen molar-refractivity contribution in [2.24, 2.45) is 0 Å². The van der Waals surface area contributed by atoms with Crippen molar-refractivity contribution in [1.82, 2.24) is 15.1 Å². The summed E-state index contributed by atoms with van der Waals surface area (Å²) in [5, 5.41) is 2.96. The van der Waals surface area contributed by atoms with Crippen molar-refractivity contribution in [2.75, 3.05) is 39.5 Å². The van der Waals surface area contributed by atoms with Crippen LogP contribution >= 0.6 is 11.8 Å². The summed E-state index contributed by atoms with van der Waals surface area (Å²) >= 11 is 1.55. The molecule has 5 nitrogen and oxygen atoms in total. The van der Waals surface area contributed by atoms with E-state index in [0.29, 0.717) is 12.3 Å². The zero-order valence-electron chi connectivity index (χ0n) is 14.5. The first-order chi connectivity index (χ1) is 11.6. The number of hydrogen-bond acceptors (Lipinski definition) is 4. The number of carbonyl (C=O) groups excluding carboxylic acids is 2. The van der Waals surface area contributed by atoms with Crippen molar-refractivity contribution < 1.29 is 9.59 Å². The zero-order chi connectivity index (χ0) is 17.4. The maximum absolute atomic E-state index is 12.1. The molecule has 1 N–H and O–H groups in total. The standard InChI is InChI=1S/C18H27N3O2S/c1-20(2)18(23)16-10-6-12-21(16)13-7-11-19-17(22)14-24-15-8-4-3-5-9-15/h3-5,8-9,16H,6-7,10-14H2,1-2H3,(H,19,22). The minimum absolute atomic E-state index is 0.0179. The third-order valence-corrected chi connectivity index (χ3v) is 5.16. The molecule has 1 unspecified atom stereocenters. The molecule has 132 valence electrons. The summed E-state index contributed by atoms with van der Waals surface area (Å²) in [4.78, 5) is 29.0. The number of carbonyl (C=O) groups is 2. The molecular weight excluding hydrogens is 322 g/mol. The Kier molecular flexibility index (Phi) is 7.59. The van der Waals surface area contributed by atoms with Crippen molar-refractivity contribution in [2.45, 2.75) is 30.2 Å². The van der Waals surface area contributed by atoms with Gasteiger partial charge >= 0.3 is 0 Å². The van der Waals surface area contributed by atoms with Gasteiger partial charge in [0.15, 0.2) is 0 Å². The van der Waals surface area contributed by atoms with E-state index in [4.69, 9.17) is 0 Å². The highest BCUT2D eigenvalue weighted by Gasteiger charge is 2.30. The van der Waals surface area contributed by atoms with Gasteiger partial charge in [-0.1, -0.05) is 18.2 Å². The summed E-state index contributed by atoms with van der Waals surface area (Å²) in [5.74, 6) is 0.692. The highest BCUT2D eigenvalue weighted by Crippen LogP contribution is 2.19. The number of thioether (sulfide) groups is 1. The van der Waals surface area contributed by atoms with Crippen molar-refractivity contribution in [3.63, 3.8) is 0 Å². The van der Waals surface area contributed by atoms with Gasteiger partial charge in [0.1, 0.15) is 0 Å². The molecule has 1 aliphatic heterocycles. The summed E-state index contributed by atoms with van der Waals surface area (Å²) in [6.45, 7) is 2.49. The molecule has 1 aliphatic rings. The molecule has 6 heteroatoms. The van der Waals surface area contributed by atoms with E-state index in [2.05, 4.69) is 10.2 Å². The molecule has 0 radical (unpaired) electrons. The maximum Gasteiger partial charge on any atom is 0.239 e. The molecular formula is C18H27N3O2S. The van der Waals surface area contributed by atoms with Crippen molar-refractivity contribution in [3.05, 3.63) is 30.3 Å².